The first-order chi connectivity index (χ1) is 12.0. The van der Waals surface area contributed by atoms with E-state index >= 15 is 0 Å². The van der Waals surface area contributed by atoms with Gasteiger partial charge in [-0.2, -0.15) is 0 Å². The molecule has 2 atom stereocenters. The number of rotatable bonds is 5. The van der Waals surface area contributed by atoms with E-state index < -0.39 is 0 Å². The molecule has 2 aliphatic heterocycles. The van der Waals surface area contributed by atoms with Crippen LogP contribution in [0.5, 0.6) is 5.75 Å². The summed E-state index contributed by atoms with van der Waals surface area (Å²) in [5.41, 5.74) is 1.05. The van der Waals surface area contributed by atoms with E-state index in [0.717, 1.165) is 11.3 Å². The minimum Gasteiger partial charge on any atom is -0.497 e. The van der Waals surface area contributed by atoms with Crippen LogP contribution in [0.15, 0.2) is 24.3 Å². The van der Waals surface area contributed by atoms with Crippen LogP contribution in [0.25, 0.3) is 0 Å². The predicted molar refractivity (Wildman–Crippen MR) is 92.2 cm³/mol. The van der Waals surface area contributed by atoms with Gasteiger partial charge in [0.05, 0.1) is 25.8 Å². The Hall–Kier alpha value is -2.12. The monoisotopic (exact) mass is 347 g/mol. The van der Waals surface area contributed by atoms with Gasteiger partial charge >= 0.3 is 0 Å². The van der Waals surface area contributed by atoms with Crippen molar-refractivity contribution in [1.29, 1.82) is 0 Å². The average Bonchev–Trinajstić information content (AvgIpc) is 3.00. The molecule has 0 aliphatic carbocycles. The van der Waals surface area contributed by atoms with E-state index in [1.54, 1.807) is 26.1 Å². The molecule has 1 aromatic rings. The SMILES string of the molecule is COc1ccc(CN2C(=O)CO[C@@H]3CN(CC(=O)N(C)C)C[C@H]32)cc1. The number of carbonyl (C=O) groups excluding carboxylic acids is 2. The predicted octanol–water partition coefficient (Wildman–Crippen LogP) is 0.195. The Balaban J connectivity index is 1.68. The highest BCUT2D eigenvalue weighted by atomic mass is 16.5. The van der Waals surface area contributed by atoms with Crippen molar-refractivity contribution in [3.05, 3.63) is 29.8 Å². The molecule has 2 amide bonds. The molecule has 7 nitrogen and oxygen atoms in total. The van der Waals surface area contributed by atoms with E-state index in [0.29, 0.717) is 26.2 Å². The lowest BCUT2D eigenvalue weighted by atomic mass is 10.1. The molecule has 1 aromatic carbocycles. The molecular weight excluding hydrogens is 322 g/mol. The second-order valence-corrected chi connectivity index (χ2v) is 6.77. The maximum atomic E-state index is 12.4. The lowest BCUT2D eigenvalue weighted by Crippen LogP contribution is -2.53. The molecule has 136 valence electrons. The van der Waals surface area contributed by atoms with Crippen LogP contribution in [-0.4, -0.2) is 86.1 Å². The maximum absolute atomic E-state index is 12.4. The number of hydrogen-bond donors (Lipinski definition) is 0. The smallest absolute Gasteiger partial charge is 0.249 e. The highest BCUT2D eigenvalue weighted by Crippen LogP contribution is 2.25. The van der Waals surface area contributed by atoms with E-state index in [2.05, 4.69) is 4.90 Å². The number of carbonyl (C=O) groups is 2. The Bertz CT molecular complexity index is 632. The molecule has 2 aliphatic rings. The Morgan fingerprint density at radius 1 is 1.28 bits per heavy atom. The lowest BCUT2D eigenvalue weighted by molar-refractivity contribution is -0.153. The number of nitrogens with zero attached hydrogens (tertiary/aromatic N) is 3. The normalized spacial score (nSPS) is 23.5. The van der Waals surface area contributed by atoms with E-state index in [9.17, 15) is 9.59 Å². The summed E-state index contributed by atoms with van der Waals surface area (Å²) < 4.78 is 10.9. The van der Waals surface area contributed by atoms with Crippen LogP contribution < -0.4 is 4.74 Å². The van der Waals surface area contributed by atoms with Crippen molar-refractivity contribution in [2.24, 2.45) is 0 Å². The summed E-state index contributed by atoms with van der Waals surface area (Å²) in [6.45, 7) is 2.34. The second kappa shape index (κ2) is 7.41. The quantitative estimate of drug-likeness (QED) is 0.761. The number of likely N-dealkylation sites (tertiary alicyclic amines) is 1. The minimum atomic E-state index is -0.0362. The van der Waals surface area contributed by atoms with Crippen LogP contribution in [0.4, 0.5) is 0 Å². The van der Waals surface area contributed by atoms with Crippen molar-refractivity contribution < 1.29 is 19.1 Å². The number of benzene rings is 1. The fourth-order valence-corrected chi connectivity index (χ4v) is 3.34. The number of ether oxygens (including phenoxy) is 2. The largest absolute Gasteiger partial charge is 0.497 e. The summed E-state index contributed by atoms with van der Waals surface area (Å²) in [5.74, 6) is 0.855. The standard InChI is InChI=1S/C18H25N3O4/c1-19(2)17(22)11-20-9-15-16(10-20)25-12-18(23)21(15)8-13-4-6-14(24-3)7-5-13/h4-7,15-16H,8-12H2,1-3H3/t15-,16-/m1/s1. The Labute approximate surface area is 148 Å². The van der Waals surface area contributed by atoms with Gasteiger partial charge in [-0.3, -0.25) is 14.5 Å². The van der Waals surface area contributed by atoms with Gasteiger partial charge in [-0.25, -0.2) is 0 Å². The van der Waals surface area contributed by atoms with Gasteiger partial charge in [-0.05, 0) is 17.7 Å². The minimum absolute atomic E-state index is 0.00199. The molecule has 3 rings (SSSR count). The summed E-state index contributed by atoms with van der Waals surface area (Å²) in [6.07, 6.45) is -0.0362. The fraction of sp³-hybridized carbons (Fsp3) is 0.556. The number of amides is 2. The van der Waals surface area contributed by atoms with Crippen LogP contribution in [0.1, 0.15) is 5.56 Å². The number of morpholine rings is 1. The zero-order chi connectivity index (χ0) is 18.0. The highest BCUT2D eigenvalue weighted by molar-refractivity contribution is 5.79. The molecule has 0 radical (unpaired) electrons. The molecule has 0 saturated carbocycles. The molecular formula is C18H25N3O4. The lowest BCUT2D eigenvalue weighted by Gasteiger charge is -2.36. The van der Waals surface area contributed by atoms with Gasteiger partial charge in [-0.15, -0.1) is 0 Å². The summed E-state index contributed by atoms with van der Waals surface area (Å²) >= 11 is 0. The first-order valence-electron chi connectivity index (χ1n) is 8.44. The number of methoxy groups -OCH3 is 1. The first-order valence-corrected chi connectivity index (χ1v) is 8.44. The van der Waals surface area contributed by atoms with E-state index in [-0.39, 0.29) is 30.6 Å². The zero-order valence-corrected chi connectivity index (χ0v) is 15.0. The molecule has 0 N–H and O–H groups in total. The molecule has 2 fully saturated rings. The molecule has 2 heterocycles. The third-order valence-corrected chi connectivity index (χ3v) is 4.82. The molecule has 0 unspecified atom stereocenters. The number of likely N-dealkylation sites (N-methyl/N-ethyl adjacent to an activating group) is 1. The van der Waals surface area contributed by atoms with Crippen molar-refractivity contribution in [2.45, 2.75) is 18.7 Å². The average molecular weight is 347 g/mol. The van der Waals surface area contributed by atoms with E-state index in [4.69, 9.17) is 9.47 Å². The van der Waals surface area contributed by atoms with Gasteiger partial charge in [0.15, 0.2) is 0 Å². The zero-order valence-electron chi connectivity index (χ0n) is 15.0. The molecule has 0 aromatic heterocycles. The number of hydrogen-bond acceptors (Lipinski definition) is 5. The van der Waals surface area contributed by atoms with Gasteiger partial charge in [0.25, 0.3) is 0 Å². The van der Waals surface area contributed by atoms with Crippen LogP contribution in [0.2, 0.25) is 0 Å². The summed E-state index contributed by atoms with van der Waals surface area (Å²) in [7, 11) is 5.14. The third-order valence-electron chi connectivity index (χ3n) is 4.82. The summed E-state index contributed by atoms with van der Waals surface area (Å²) in [4.78, 5) is 29.9. The van der Waals surface area contributed by atoms with E-state index in [1.807, 2.05) is 29.2 Å². The van der Waals surface area contributed by atoms with Crippen molar-refractivity contribution in [3.8, 4) is 5.75 Å². The third kappa shape index (κ3) is 3.93. The van der Waals surface area contributed by atoms with E-state index in [1.165, 1.54) is 0 Å². The second-order valence-electron chi connectivity index (χ2n) is 6.77. The Kier molecular flexibility index (Phi) is 5.24. The van der Waals surface area contributed by atoms with Gasteiger partial charge in [-0.1, -0.05) is 12.1 Å². The Morgan fingerprint density at radius 3 is 2.64 bits per heavy atom. The van der Waals surface area contributed by atoms with Crippen molar-refractivity contribution in [3.63, 3.8) is 0 Å². The maximum Gasteiger partial charge on any atom is 0.249 e. The molecule has 0 spiro atoms. The first kappa shape index (κ1) is 17.7. The number of fused-ring (bicyclic) bond motifs is 1. The van der Waals surface area contributed by atoms with Gasteiger partial charge < -0.3 is 19.3 Å². The van der Waals surface area contributed by atoms with Gasteiger partial charge in [0.2, 0.25) is 11.8 Å². The van der Waals surface area contributed by atoms with Gasteiger partial charge in [0.1, 0.15) is 12.4 Å². The van der Waals surface area contributed by atoms with Crippen LogP contribution >= 0.6 is 0 Å². The molecule has 0 bridgehead atoms. The van der Waals surface area contributed by atoms with Crippen molar-refractivity contribution >= 4 is 11.8 Å². The van der Waals surface area contributed by atoms with Crippen molar-refractivity contribution in [2.75, 3.05) is 47.4 Å². The van der Waals surface area contributed by atoms with Crippen molar-refractivity contribution in [1.82, 2.24) is 14.7 Å². The highest BCUT2D eigenvalue weighted by Gasteiger charge is 2.43. The fourth-order valence-electron chi connectivity index (χ4n) is 3.34. The van der Waals surface area contributed by atoms with Crippen LogP contribution in [-0.2, 0) is 20.9 Å². The van der Waals surface area contributed by atoms with Crippen LogP contribution in [0.3, 0.4) is 0 Å². The van der Waals surface area contributed by atoms with Crippen LogP contribution in [0, 0.1) is 0 Å². The topological polar surface area (TPSA) is 62.3 Å². The summed E-state index contributed by atoms with van der Waals surface area (Å²) in [6, 6.07) is 7.72. The summed E-state index contributed by atoms with van der Waals surface area (Å²) in [5, 5.41) is 0. The van der Waals surface area contributed by atoms with Gasteiger partial charge in [0, 0.05) is 33.7 Å². The Morgan fingerprint density at radius 2 is 2.00 bits per heavy atom. The molecule has 2 saturated heterocycles. The molecule has 25 heavy (non-hydrogen) atoms. The molecule has 7 heteroatoms.